The molecule has 2 aromatic rings. The van der Waals surface area contributed by atoms with Gasteiger partial charge in [-0.1, -0.05) is 16.4 Å². The summed E-state index contributed by atoms with van der Waals surface area (Å²) in [5.74, 6) is 0.563. The second-order valence-electron chi connectivity index (χ2n) is 3.75. The number of rotatable bonds is 4. The van der Waals surface area contributed by atoms with Crippen molar-refractivity contribution in [2.45, 2.75) is 0 Å². The average molecular weight is 272 g/mol. The smallest absolute Gasteiger partial charge is 0.123 e. The Bertz CT molecular complexity index is 656. The topological polar surface area (TPSA) is 100 Å². The number of hydrogen-bond acceptors (Lipinski definition) is 7. The first-order valence-corrected chi connectivity index (χ1v) is 5.65. The van der Waals surface area contributed by atoms with Crippen LogP contribution >= 0.6 is 0 Å². The van der Waals surface area contributed by atoms with Crippen molar-refractivity contribution < 1.29 is 15.2 Å². The molecule has 20 heavy (non-hydrogen) atoms. The first-order chi connectivity index (χ1) is 9.76. The van der Waals surface area contributed by atoms with E-state index in [0.717, 1.165) is 0 Å². The summed E-state index contributed by atoms with van der Waals surface area (Å²) >= 11 is 0. The van der Waals surface area contributed by atoms with Crippen LogP contribution in [-0.4, -0.2) is 39.9 Å². The molecule has 0 radical (unpaired) electrons. The fraction of sp³-hybridized carbons (Fsp3) is 0.0769. The molecule has 2 aromatic heterocycles. The molecule has 102 valence electrons. The molecule has 0 spiro atoms. The van der Waals surface area contributed by atoms with E-state index in [1.165, 1.54) is 19.5 Å². The van der Waals surface area contributed by atoms with E-state index in [4.69, 9.17) is 15.2 Å². The average Bonchev–Trinajstić information content (AvgIpc) is 2.48. The lowest BCUT2D eigenvalue weighted by atomic mass is 10.2. The van der Waals surface area contributed by atoms with Crippen molar-refractivity contribution in [1.82, 2.24) is 9.97 Å². The number of ether oxygens (including phenoxy) is 1. The van der Waals surface area contributed by atoms with E-state index >= 15 is 0 Å². The van der Waals surface area contributed by atoms with Crippen molar-refractivity contribution in [2.75, 3.05) is 7.11 Å². The predicted octanol–water partition coefficient (Wildman–Crippen LogP) is 1.77. The second kappa shape index (κ2) is 6.28. The Kier molecular flexibility index (Phi) is 4.23. The highest BCUT2D eigenvalue weighted by Gasteiger charge is 2.06. The monoisotopic (exact) mass is 272 g/mol. The molecule has 0 aliphatic carbocycles. The van der Waals surface area contributed by atoms with Gasteiger partial charge in [0.2, 0.25) is 0 Å². The van der Waals surface area contributed by atoms with Gasteiger partial charge in [0, 0.05) is 12.1 Å². The van der Waals surface area contributed by atoms with E-state index in [9.17, 15) is 0 Å². The Balaban J connectivity index is 2.50. The number of methoxy groups -OCH3 is 1. The first-order valence-electron chi connectivity index (χ1n) is 5.65. The van der Waals surface area contributed by atoms with Crippen LogP contribution in [0.25, 0.3) is 11.4 Å². The zero-order valence-electron chi connectivity index (χ0n) is 10.6. The molecule has 0 atom stereocenters. The summed E-state index contributed by atoms with van der Waals surface area (Å²) in [4.78, 5) is 8.56. The van der Waals surface area contributed by atoms with Gasteiger partial charge >= 0.3 is 0 Å². The van der Waals surface area contributed by atoms with Gasteiger partial charge in [-0.3, -0.25) is 0 Å². The molecule has 0 saturated carbocycles. The Morgan fingerprint density at radius 3 is 2.40 bits per heavy atom. The molecule has 0 saturated heterocycles. The molecular weight excluding hydrogens is 260 g/mol. The SMILES string of the molecule is COc1cc(C=NO)nc(-c2cccc(C=NO)n2)c1. The van der Waals surface area contributed by atoms with Gasteiger partial charge in [-0.25, -0.2) is 9.97 Å². The number of aromatic nitrogens is 2. The molecule has 0 bridgehead atoms. The Hall–Kier alpha value is -2.96. The van der Waals surface area contributed by atoms with Crippen molar-refractivity contribution in [2.24, 2.45) is 10.3 Å². The molecule has 0 aliphatic heterocycles. The molecule has 2 heterocycles. The number of pyridine rings is 2. The van der Waals surface area contributed by atoms with Crippen LogP contribution in [0.4, 0.5) is 0 Å². The van der Waals surface area contributed by atoms with Crippen LogP contribution in [0.2, 0.25) is 0 Å². The standard InChI is InChI=1S/C13H12N4O3/c1-20-11-5-10(8-15-19)17-13(6-11)12-4-2-3-9(16-12)7-14-18/h2-8,18-19H,1H3. The molecule has 2 rings (SSSR count). The van der Waals surface area contributed by atoms with Gasteiger partial charge in [-0.2, -0.15) is 0 Å². The molecule has 0 unspecified atom stereocenters. The maximum absolute atomic E-state index is 8.59. The fourth-order valence-electron chi connectivity index (χ4n) is 1.63. The predicted molar refractivity (Wildman–Crippen MR) is 72.8 cm³/mol. The molecule has 0 amide bonds. The van der Waals surface area contributed by atoms with E-state index in [1.54, 1.807) is 30.3 Å². The van der Waals surface area contributed by atoms with Gasteiger partial charge in [-0.05, 0) is 12.1 Å². The van der Waals surface area contributed by atoms with Crippen LogP contribution < -0.4 is 4.74 Å². The Morgan fingerprint density at radius 2 is 1.70 bits per heavy atom. The number of nitrogens with zero attached hydrogens (tertiary/aromatic N) is 4. The lowest BCUT2D eigenvalue weighted by molar-refractivity contribution is 0.321. The van der Waals surface area contributed by atoms with E-state index in [-0.39, 0.29) is 0 Å². The van der Waals surface area contributed by atoms with E-state index in [2.05, 4.69) is 20.3 Å². The molecule has 2 N–H and O–H groups in total. The minimum Gasteiger partial charge on any atom is -0.497 e. The molecule has 7 nitrogen and oxygen atoms in total. The third kappa shape index (κ3) is 3.08. The molecular formula is C13H12N4O3. The van der Waals surface area contributed by atoms with Crippen molar-refractivity contribution in [3.05, 3.63) is 41.7 Å². The zero-order chi connectivity index (χ0) is 14.4. The van der Waals surface area contributed by atoms with Crippen molar-refractivity contribution >= 4 is 12.4 Å². The minimum absolute atomic E-state index is 0.435. The molecule has 0 fully saturated rings. The highest BCUT2D eigenvalue weighted by Crippen LogP contribution is 2.21. The van der Waals surface area contributed by atoms with Crippen molar-refractivity contribution in [1.29, 1.82) is 0 Å². The number of oxime groups is 2. The lowest BCUT2D eigenvalue weighted by Gasteiger charge is -2.06. The van der Waals surface area contributed by atoms with Crippen LogP contribution in [0, 0.1) is 0 Å². The van der Waals surface area contributed by atoms with Gasteiger partial charge in [-0.15, -0.1) is 0 Å². The maximum Gasteiger partial charge on any atom is 0.123 e. The van der Waals surface area contributed by atoms with Gasteiger partial charge in [0.05, 0.1) is 42.3 Å². The van der Waals surface area contributed by atoms with Gasteiger partial charge in [0.15, 0.2) is 0 Å². The van der Waals surface area contributed by atoms with Crippen molar-refractivity contribution in [3.63, 3.8) is 0 Å². The number of hydrogen-bond donors (Lipinski definition) is 2. The van der Waals surface area contributed by atoms with Gasteiger partial charge < -0.3 is 15.2 Å². The largest absolute Gasteiger partial charge is 0.497 e. The van der Waals surface area contributed by atoms with E-state index in [1.807, 2.05) is 0 Å². The maximum atomic E-state index is 8.59. The van der Waals surface area contributed by atoms with Crippen LogP contribution in [0.1, 0.15) is 11.4 Å². The van der Waals surface area contributed by atoms with Gasteiger partial charge in [0.25, 0.3) is 0 Å². The summed E-state index contributed by atoms with van der Waals surface area (Å²) in [6, 6.07) is 8.55. The Labute approximate surface area is 114 Å². The summed E-state index contributed by atoms with van der Waals surface area (Å²) < 4.78 is 5.16. The van der Waals surface area contributed by atoms with Crippen LogP contribution in [-0.2, 0) is 0 Å². The third-order valence-corrected chi connectivity index (χ3v) is 2.47. The second-order valence-corrected chi connectivity index (χ2v) is 3.75. The summed E-state index contributed by atoms with van der Waals surface area (Å²) in [5.41, 5.74) is 2.05. The lowest BCUT2D eigenvalue weighted by Crippen LogP contribution is -1.97. The summed E-state index contributed by atoms with van der Waals surface area (Å²) in [6.45, 7) is 0. The quantitative estimate of drug-likeness (QED) is 0.502. The third-order valence-electron chi connectivity index (χ3n) is 2.47. The summed E-state index contributed by atoms with van der Waals surface area (Å²) in [6.07, 6.45) is 2.42. The van der Waals surface area contributed by atoms with Crippen molar-refractivity contribution in [3.8, 4) is 17.1 Å². The normalized spacial score (nSPS) is 11.2. The zero-order valence-corrected chi connectivity index (χ0v) is 10.6. The summed E-state index contributed by atoms with van der Waals surface area (Å²) in [5, 5.41) is 23.0. The summed E-state index contributed by atoms with van der Waals surface area (Å²) in [7, 11) is 1.53. The molecule has 7 heteroatoms. The minimum atomic E-state index is 0.435. The molecule has 0 aromatic carbocycles. The Morgan fingerprint density at radius 1 is 1.00 bits per heavy atom. The fourth-order valence-corrected chi connectivity index (χ4v) is 1.63. The van der Waals surface area contributed by atoms with Crippen LogP contribution in [0.5, 0.6) is 5.75 Å². The first kappa shape index (κ1) is 13.5. The molecule has 0 aliphatic rings. The van der Waals surface area contributed by atoms with E-state index < -0.39 is 0 Å². The van der Waals surface area contributed by atoms with Crippen LogP contribution in [0.15, 0.2) is 40.6 Å². The highest BCUT2D eigenvalue weighted by molar-refractivity contribution is 5.80. The van der Waals surface area contributed by atoms with Gasteiger partial charge in [0.1, 0.15) is 5.75 Å². The van der Waals surface area contributed by atoms with E-state index in [0.29, 0.717) is 28.5 Å². The highest BCUT2D eigenvalue weighted by atomic mass is 16.5. The van der Waals surface area contributed by atoms with Crippen LogP contribution in [0.3, 0.4) is 0 Å².